The molecular weight excluding hydrogens is 264 g/mol. The van der Waals surface area contributed by atoms with Crippen LogP contribution < -0.4 is 16.0 Å². The Morgan fingerprint density at radius 1 is 1.19 bits per heavy atom. The number of nitrogens with zero attached hydrogens (tertiary/aromatic N) is 2. The number of hydrogen-bond acceptors (Lipinski definition) is 4. The van der Waals surface area contributed by atoms with E-state index in [0.29, 0.717) is 17.8 Å². The molecule has 0 aliphatic rings. The van der Waals surface area contributed by atoms with Crippen molar-refractivity contribution in [2.75, 3.05) is 30.9 Å². The molecular formula is C16H20N4O. The van der Waals surface area contributed by atoms with Crippen molar-refractivity contribution in [3.8, 4) is 0 Å². The summed E-state index contributed by atoms with van der Waals surface area (Å²) in [6.07, 6.45) is 2.47. The second kappa shape index (κ2) is 6.85. The summed E-state index contributed by atoms with van der Waals surface area (Å²) in [6.45, 7) is 0.607. The van der Waals surface area contributed by atoms with E-state index in [1.165, 1.54) is 0 Å². The third-order valence-corrected chi connectivity index (χ3v) is 3.11. The Hall–Kier alpha value is -2.40. The van der Waals surface area contributed by atoms with E-state index in [1.807, 2.05) is 55.4 Å². The van der Waals surface area contributed by atoms with Gasteiger partial charge in [0.15, 0.2) is 0 Å². The maximum Gasteiger partial charge on any atom is 0.255 e. The van der Waals surface area contributed by atoms with Crippen LogP contribution in [-0.4, -0.2) is 31.5 Å². The fourth-order valence-corrected chi connectivity index (χ4v) is 1.92. The molecule has 0 fully saturated rings. The Balaban J connectivity index is 2.03. The number of rotatable bonds is 5. The van der Waals surface area contributed by atoms with Crippen LogP contribution in [0.1, 0.15) is 15.9 Å². The number of carbonyl (C=O) groups is 1. The number of benzene rings is 1. The molecule has 0 atom stereocenters. The molecule has 0 bridgehead atoms. The van der Waals surface area contributed by atoms with Crippen molar-refractivity contribution < 1.29 is 4.79 Å². The predicted octanol–water partition coefficient (Wildman–Crippen LogP) is 1.90. The monoisotopic (exact) mass is 284 g/mol. The van der Waals surface area contributed by atoms with Crippen LogP contribution in [0.5, 0.6) is 0 Å². The Bertz CT molecular complexity index is 591. The molecule has 0 saturated carbocycles. The lowest BCUT2D eigenvalue weighted by Gasteiger charge is -2.11. The van der Waals surface area contributed by atoms with Gasteiger partial charge in [-0.05, 0) is 42.8 Å². The van der Waals surface area contributed by atoms with Crippen molar-refractivity contribution >= 4 is 17.4 Å². The Kier molecular flexibility index (Phi) is 4.90. The second-order valence-electron chi connectivity index (χ2n) is 4.99. The van der Waals surface area contributed by atoms with Crippen LogP contribution in [-0.2, 0) is 6.42 Å². The van der Waals surface area contributed by atoms with Gasteiger partial charge in [0.1, 0.15) is 5.82 Å². The van der Waals surface area contributed by atoms with Crippen LogP contribution in [0.3, 0.4) is 0 Å². The van der Waals surface area contributed by atoms with Crippen molar-refractivity contribution in [3.05, 3.63) is 53.7 Å². The minimum absolute atomic E-state index is 0.145. The van der Waals surface area contributed by atoms with Crippen LogP contribution in [0.2, 0.25) is 0 Å². The van der Waals surface area contributed by atoms with Gasteiger partial charge in [-0.1, -0.05) is 12.1 Å². The van der Waals surface area contributed by atoms with E-state index in [9.17, 15) is 4.79 Å². The molecule has 0 aliphatic carbocycles. The van der Waals surface area contributed by atoms with Gasteiger partial charge in [0, 0.05) is 19.7 Å². The number of pyridine rings is 1. The molecule has 21 heavy (non-hydrogen) atoms. The number of amides is 1. The highest BCUT2D eigenvalue weighted by Crippen LogP contribution is 2.13. The van der Waals surface area contributed by atoms with Crippen LogP contribution in [0.15, 0.2) is 42.6 Å². The molecule has 0 radical (unpaired) electrons. The van der Waals surface area contributed by atoms with Crippen LogP contribution >= 0.6 is 0 Å². The summed E-state index contributed by atoms with van der Waals surface area (Å²) in [7, 11) is 3.84. The van der Waals surface area contributed by atoms with E-state index in [-0.39, 0.29) is 5.91 Å². The van der Waals surface area contributed by atoms with E-state index in [0.717, 1.165) is 17.8 Å². The first kappa shape index (κ1) is 15.0. The Morgan fingerprint density at radius 2 is 1.90 bits per heavy atom. The van der Waals surface area contributed by atoms with Gasteiger partial charge >= 0.3 is 0 Å². The van der Waals surface area contributed by atoms with Crippen LogP contribution in [0.25, 0.3) is 0 Å². The average molecular weight is 284 g/mol. The summed E-state index contributed by atoms with van der Waals surface area (Å²) < 4.78 is 0. The lowest BCUT2D eigenvalue weighted by Crippen LogP contribution is -2.14. The largest absolute Gasteiger partial charge is 0.363 e. The smallest absolute Gasteiger partial charge is 0.255 e. The molecule has 0 spiro atoms. The molecule has 0 unspecified atom stereocenters. The van der Waals surface area contributed by atoms with Gasteiger partial charge in [0.25, 0.3) is 5.91 Å². The topological polar surface area (TPSA) is 71.2 Å². The summed E-state index contributed by atoms with van der Waals surface area (Å²) in [4.78, 5) is 18.3. The van der Waals surface area contributed by atoms with Crippen LogP contribution in [0, 0.1) is 0 Å². The molecule has 0 aliphatic heterocycles. The molecule has 1 aromatic carbocycles. The van der Waals surface area contributed by atoms with E-state index in [4.69, 9.17) is 5.73 Å². The minimum atomic E-state index is -0.145. The van der Waals surface area contributed by atoms with Gasteiger partial charge in [-0.2, -0.15) is 0 Å². The van der Waals surface area contributed by atoms with Gasteiger partial charge < -0.3 is 16.0 Å². The lowest BCUT2D eigenvalue weighted by atomic mass is 10.1. The zero-order valence-electron chi connectivity index (χ0n) is 12.3. The zero-order chi connectivity index (χ0) is 15.2. The molecule has 110 valence electrons. The Labute approximate surface area is 124 Å². The maximum atomic E-state index is 12.1. The first-order chi connectivity index (χ1) is 10.1. The standard InChI is InChI=1S/C16H20N4O/c1-20(2)15-8-7-14(11-18-15)19-16(21)13-5-3-12(4-6-13)9-10-17/h3-8,11H,9-10,17H2,1-2H3,(H,19,21). The quantitative estimate of drug-likeness (QED) is 0.879. The molecule has 1 amide bonds. The number of carbonyl (C=O) groups excluding carboxylic acids is 1. The predicted molar refractivity (Wildman–Crippen MR) is 85.7 cm³/mol. The van der Waals surface area contributed by atoms with Gasteiger partial charge in [-0.15, -0.1) is 0 Å². The van der Waals surface area contributed by atoms with Crippen molar-refractivity contribution in [2.24, 2.45) is 5.73 Å². The van der Waals surface area contributed by atoms with Crippen molar-refractivity contribution in [1.82, 2.24) is 4.98 Å². The third kappa shape index (κ3) is 4.03. The normalized spacial score (nSPS) is 10.2. The molecule has 3 N–H and O–H groups in total. The fourth-order valence-electron chi connectivity index (χ4n) is 1.92. The van der Waals surface area contributed by atoms with E-state index >= 15 is 0 Å². The maximum absolute atomic E-state index is 12.1. The van der Waals surface area contributed by atoms with E-state index in [1.54, 1.807) is 6.20 Å². The van der Waals surface area contributed by atoms with Crippen molar-refractivity contribution in [1.29, 1.82) is 0 Å². The number of anilines is 2. The van der Waals surface area contributed by atoms with Gasteiger partial charge in [-0.3, -0.25) is 4.79 Å². The molecule has 1 heterocycles. The number of nitrogens with two attached hydrogens (primary N) is 1. The third-order valence-electron chi connectivity index (χ3n) is 3.11. The summed E-state index contributed by atoms with van der Waals surface area (Å²) >= 11 is 0. The van der Waals surface area contributed by atoms with Gasteiger partial charge in [0.05, 0.1) is 11.9 Å². The van der Waals surface area contributed by atoms with Crippen LogP contribution in [0.4, 0.5) is 11.5 Å². The highest BCUT2D eigenvalue weighted by atomic mass is 16.1. The molecule has 5 heteroatoms. The summed E-state index contributed by atoms with van der Waals surface area (Å²) in [5, 5.41) is 2.83. The zero-order valence-corrected chi connectivity index (χ0v) is 12.3. The number of aromatic nitrogens is 1. The summed E-state index contributed by atoms with van der Waals surface area (Å²) in [5.74, 6) is 0.702. The fraction of sp³-hybridized carbons (Fsp3) is 0.250. The molecule has 1 aromatic heterocycles. The highest BCUT2D eigenvalue weighted by molar-refractivity contribution is 6.04. The first-order valence-electron chi connectivity index (χ1n) is 6.84. The lowest BCUT2D eigenvalue weighted by molar-refractivity contribution is 0.102. The SMILES string of the molecule is CN(C)c1ccc(NC(=O)c2ccc(CCN)cc2)cn1. The second-order valence-corrected chi connectivity index (χ2v) is 4.99. The van der Waals surface area contributed by atoms with E-state index < -0.39 is 0 Å². The van der Waals surface area contributed by atoms with Crippen molar-refractivity contribution in [3.63, 3.8) is 0 Å². The molecule has 2 rings (SSSR count). The molecule has 2 aromatic rings. The Morgan fingerprint density at radius 3 is 2.43 bits per heavy atom. The summed E-state index contributed by atoms with van der Waals surface area (Å²) in [6, 6.07) is 11.2. The average Bonchev–Trinajstić information content (AvgIpc) is 2.49. The van der Waals surface area contributed by atoms with Gasteiger partial charge in [0.2, 0.25) is 0 Å². The first-order valence-corrected chi connectivity index (χ1v) is 6.84. The van der Waals surface area contributed by atoms with E-state index in [2.05, 4.69) is 10.3 Å². The van der Waals surface area contributed by atoms with Gasteiger partial charge in [-0.25, -0.2) is 4.98 Å². The van der Waals surface area contributed by atoms with Crippen molar-refractivity contribution in [2.45, 2.75) is 6.42 Å². The molecule has 5 nitrogen and oxygen atoms in total. The number of hydrogen-bond donors (Lipinski definition) is 2. The summed E-state index contributed by atoms with van der Waals surface area (Å²) in [5.41, 5.74) is 7.93. The number of nitrogens with one attached hydrogen (secondary N) is 1. The highest BCUT2D eigenvalue weighted by Gasteiger charge is 2.06. The minimum Gasteiger partial charge on any atom is -0.363 e. The molecule has 0 saturated heterocycles.